The average molecular weight is 202 g/mol. The first-order chi connectivity index (χ1) is 6.81. The van der Waals surface area contributed by atoms with Crippen molar-refractivity contribution in [3.63, 3.8) is 0 Å². The lowest BCUT2D eigenvalue weighted by molar-refractivity contribution is 0.1000. The molecule has 0 bridgehead atoms. The van der Waals surface area contributed by atoms with Crippen molar-refractivity contribution in [2.24, 2.45) is 0 Å². The van der Waals surface area contributed by atoms with E-state index in [2.05, 4.69) is 6.58 Å². The van der Waals surface area contributed by atoms with Gasteiger partial charge in [0.15, 0.2) is 5.78 Å². The lowest BCUT2D eigenvalue weighted by Crippen LogP contribution is -1.91. The summed E-state index contributed by atoms with van der Waals surface area (Å²) >= 11 is 1.55. The Morgan fingerprint density at radius 3 is 2.93 bits per heavy atom. The number of hydrogen-bond acceptors (Lipinski definition) is 2. The number of carbonyl (C=O) groups excluding carboxylic acids is 1. The van der Waals surface area contributed by atoms with Gasteiger partial charge < -0.3 is 0 Å². The highest BCUT2D eigenvalue weighted by Crippen LogP contribution is 2.26. The van der Waals surface area contributed by atoms with Crippen molar-refractivity contribution in [1.82, 2.24) is 0 Å². The molecule has 1 aromatic carbocycles. The van der Waals surface area contributed by atoms with Gasteiger partial charge >= 0.3 is 0 Å². The first kappa shape index (κ1) is 9.16. The zero-order valence-corrected chi connectivity index (χ0v) is 8.51. The standard InChI is InChI=1S/C12H10OS/c1-2-5-10(13)12-8-9-6-3-4-7-11(9)14-12/h2-4,6-8H,1,5H2. The van der Waals surface area contributed by atoms with Gasteiger partial charge in [-0.2, -0.15) is 0 Å². The molecular weight excluding hydrogens is 192 g/mol. The Hall–Kier alpha value is -1.41. The highest BCUT2D eigenvalue weighted by Gasteiger charge is 2.07. The third kappa shape index (κ3) is 1.61. The molecule has 0 atom stereocenters. The minimum atomic E-state index is 0.154. The van der Waals surface area contributed by atoms with Gasteiger partial charge in [0.2, 0.25) is 0 Å². The minimum absolute atomic E-state index is 0.154. The van der Waals surface area contributed by atoms with Crippen molar-refractivity contribution < 1.29 is 4.79 Å². The molecule has 2 heteroatoms. The van der Waals surface area contributed by atoms with E-state index in [1.165, 1.54) is 4.70 Å². The van der Waals surface area contributed by atoms with Crippen molar-refractivity contribution in [2.75, 3.05) is 0 Å². The van der Waals surface area contributed by atoms with Crippen LogP contribution in [0.5, 0.6) is 0 Å². The molecule has 2 aromatic rings. The van der Waals surface area contributed by atoms with E-state index in [-0.39, 0.29) is 5.78 Å². The predicted molar refractivity (Wildman–Crippen MR) is 61.0 cm³/mol. The summed E-state index contributed by atoms with van der Waals surface area (Å²) in [6, 6.07) is 9.98. The van der Waals surface area contributed by atoms with E-state index in [1.807, 2.05) is 30.3 Å². The Bertz CT molecular complexity index is 449. The number of rotatable bonds is 3. The van der Waals surface area contributed by atoms with Gasteiger partial charge in [-0.05, 0) is 17.5 Å². The lowest BCUT2D eigenvalue weighted by atomic mass is 10.2. The molecule has 0 unspecified atom stereocenters. The molecule has 1 heterocycles. The second-order valence-corrected chi connectivity index (χ2v) is 4.15. The van der Waals surface area contributed by atoms with Crippen LogP contribution in [0.1, 0.15) is 16.1 Å². The van der Waals surface area contributed by atoms with Crippen LogP contribution in [0.2, 0.25) is 0 Å². The normalized spacial score (nSPS) is 10.3. The smallest absolute Gasteiger partial charge is 0.176 e. The van der Waals surface area contributed by atoms with E-state index in [0.29, 0.717) is 6.42 Å². The second-order valence-electron chi connectivity index (χ2n) is 3.06. The maximum Gasteiger partial charge on any atom is 0.176 e. The summed E-state index contributed by atoms with van der Waals surface area (Å²) in [7, 11) is 0. The Labute approximate surface area is 86.7 Å². The largest absolute Gasteiger partial charge is 0.293 e. The number of ketones is 1. The van der Waals surface area contributed by atoms with Gasteiger partial charge in [-0.3, -0.25) is 4.79 Å². The van der Waals surface area contributed by atoms with Crippen molar-refractivity contribution in [3.8, 4) is 0 Å². The van der Waals surface area contributed by atoms with Crippen molar-refractivity contribution in [1.29, 1.82) is 0 Å². The third-order valence-electron chi connectivity index (χ3n) is 2.03. The van der Waals surface area contributed by atoms with Crippen LogP contribution >= 0.6 is 11.3 Å². The van der Waals surface area contributed by atoms with Crippen molar-refractivity contribution in [2.45, 2.75) is 6.42 Å². The number of hydrogen-bond donors (Lipinski definition) is 0. The molecule has 0 aliphatic heterocycles. The predicted octanol–water partition coefficient (Wildman–Crippen LogP) is 3.66. The molecule has 1 aromatic heterocycles. The summed E-state index contributed by atoms with van der Waals surface area (Å²) in [6.45, 7) is 3.56. The first-order valence-electron chi connectivity index (χ1n) is 4.44. The van der Waals surface area contributed by atoms with E-state index in [9.17, 15) is 4.79 Å². The number of benzene rings is 1. The van der Waals surface area contributed by atoms with Crippen molar-refractivity contribution in [3.05, 3.63) is 47.9 Å². The number of carbonyl (C=O) groups is 1. The van der Waals surface area contributed by atoms with Crippen LogP contribution in [0.4, 0.5) is 0 Å². The van der Waals surface area contributed by atoms with Crippen LogP contribution in [0.15, 0.2) is 43.0 Å². The fourth-order valence-electron chi connectivity index (χ4n) is 1.35. The molecule has 0 fully saturated rings. The van der Waals surface area contributed by atoms with E-state index < -0.39 is 0 Å². The summed E-state index contributed by atoms with van der Waals surface area (Å²) in [5.41, 5.74) is 0. The molecule has 14 heavy (non-hydrogen) atoms. The van der Waals surface area contributed by atoms with Crippen LogP contribution in [0, 0.1) is 0 Å². The number of allylic oxidation sites excluding steroid dienone is 1. The van der Waals surface area contributed by atoms with Crippen LogP contribution in [0.3, 0.4) is 0 Å². The van der Waals surface area contributed by atoms with Crippen LogP contribution < -0.4 is 0 Å². The highest BCUT2D eigenvalue weighted by molar-refractivity contribution is 7.20. The molecule has 0 N–H and O–H groups in total. The molecule has 0 saturated heterocycles. The summed E-state index contributed by atoms with van der Waals surface area (Å²) in [6.07, 6.45) is 2.07. The van der Waals surface area contributed by atoms with E-state index >= 15 is 0 Å². The van der Waals surface area contributed by atoms with Gasteiger partial charge in [0.05, 0.1) is 4.88 Å². The summed E-state index contributed by atoms with van der Waals surface area (Å²) < 4.78 is 1.17. The topological polar surface area (TPSA) is 17.1 Å². The SMILES string of the molecule is C=CCC(=O)c1cc2ccccc2s1. The molecule has 1 nitrogen and oxygen atoms in total. The van der Waals surface area contributed by atoms with Crippen molar-refractivity contribution >= 4 is 27.2 Å². The van der Waals surface area contributed by atoms with E-state index in [0.717, 1.165) is 10.3 Å². The maximum atomic E-state index is 11.6. The first-order valence-corrected chi connectivity index (χ1v) is 5.25. The fraction of sp³-hybridized carbons (Fsp3) is 0.0833. The molecule has 0 amide bonds. The summed E-state index contributed by atoms with van der Waals surface area (Å²) in [4.78, 5) is 12.4. The molecule has 70 valence electrons. The van der Waals surface area contributed by atoms with Crippen LogP contribution in [0.25, 0.3) is 10.1 Å². The monoisotopic (exact) mass is 202 g/mol. The second kappa shape index (κ2) is 3.76. The van der Waals surface area contributed by atoms with Crippen LogP contribution in [-0.2, 0) is 0 Å². The average Bonchev–Trinajstić information content (AvgIpc) is 2.61. The Balaban J connectivity index is 2.44. The van der Waals surface area contributed by atoms with Gasteiger partial charge in [0.25, 0.3) is 0 Å². The lowest BCUT2D eigenvalue weighted by Gasteiger charge is -1.88. The Kier molecular flexibility index (Phi) is 2.46. The van der Waals surface area contributed by atoms with Gasteiger partial charge in [0, 0.05) is 11.1 Å². The molecule has 0 aliphatic rings. The van der Waals surface area contributed by atoms with Gasteiger partial charge in [-0.25, -0.2) is 0 Å². The van der Waals surface area contributed by atoms with Crippen LogP contribution in [-0.4, -0.2) is 5.78 Å². The van der Waals surface area contributed by atoms with E-state index in [4.69, 9.17) is 0 Å². The number of thiophene rings is 1. The molecular formula is C12H10OS. The third-order valence-corrected chi connectivity index (χ3v) is 3.19. The number of fused-ring (bicyclic) bond motifs is 1. The van der Waals surface area contributed by atoms with Gasteiger partial charge in [0.1, 0.15) is 0 Å². The van der Waals surface area contributed by atoms with Gasteiger partial charge in [-0.15, -0.1) is 17.9 Å². The minimum Gasteiger partial charge on any atom is -0.293 e. The molecule has 0 spiro atoms. The maximum absolute atomic E-state index is 11.6. The van der Waals surface area contributed by atoms with E-state index in [1.54, 1.807) is 17.4 Å². The zero-order chi connectivity index (χ0) is 9.97. The number of Topliss-reactive ketones (excluding diaryl/α,β-unsaturated/α-hetero) is 1. The quantitative estimate of drug-likeness (QED) is 0.548. The Morgan fingerprint density at radius 1 is 1.43 bits per heavy atom. The molecule has 0 aliphatic carbocycles. The van der Waals surface area contributed by atoms with Gasteiger partial charge in [-0.1, -0.05) is 24.3 Å². The molecule has 0 radical (unpaired) electrons. The fourth-order valence-corrected chi connectivity index (χ4v) is 2.36. The Morgan fingerprint density at radius 2 is 2.21 bits per heavy atom. The zero-order valence-electron chi connectivity index (χ0n) is 7.69. The summed E-state index contributed by atoms with van der Waals surface area (Å²) in [5, 5.41) is 1.14. The summed E-state index contributed by atoms with van der Waals surface area (Å²) in [5.74, 6) is 0.154. The highest BCUT2D eigenvalue weighted by atomic mass is 32.1. The molecule has 2 rings (SSSR count). The molecule has 0 saturated carbocycles.